The van der Waals surface area contributed by atoms with Crippen molar-refractivity contribution in [2.45, 2.75) is 122 Å². The summed E-state index contributed by atoms with van der Waals surface area (Å²) in [6.07, 6.45) is 26.2. The van der Waals surface area contributed by atoms with Crippen molar-refractivity contribution in [1.29, 1.82) is 0 Å². The molecule has 23 heavy (non-hydrogen) atoms. The number of unbranched alkanes of at least 4 members (excludes halogenated alkanes) is 16. The molecule has 1 rings (SSSR count). The van der Waals surface area contributed by atoms with Crippen LogP contribution in [0.5, 0.6) is 0 Å². The summed E-state index contributed by atoms with van der Waals surface area (Å²) in [5, 5.41) is 0. The number of hydrogen-bond acceptors (Lipinski definition) is 2. The zero-order valence-corrected chi connectivity index (χ0v) is 15.7. The summed E-state index contributed by atoms with van der Waals surface area (Å²) in [7, 11) is 0. The van der Waals surface area contributed by atoms with Crippen LogP contribution in [0.1, 0.15) is 116 Å². The highest BCUT2D eigenvalue weighted by Gasteiger charge is 2.20. The molecule has 1 saturated heterocycles. The van der Waals surface area contributed by atoms with Crippen LogP contribution in [0, 0.1) is 0 Å². The minimum atomic E-state index is 0.645. The first-order chi connectivity index (χ1) is 11.4. The van der Waals surface area contributed by atoms with Crippen LogP contribution in [0.3, 0.4) is 0 Å². The summed E-state index contributed by atoms with van der Waals surface area (Å²) in [5.41, 5.74) is 5.50. The van der Waals surface area contributed by atoms with Crippen molar-refractivity contribution in [1.82, 2.24) is 0 Å². The summed E-state index contributed by atoms with van der Waals surface area (Å²) in [6, 6.07) is 0. The summed E-state index contributed by atoms with van der Waals surface area (Å²) >= 11 is 0. The Labute approximate surface area is 145 Å². The van der Waals surface area contributed by atoms with Crippen LogP contribution >= 0.6 is 0 Å². The van der Waals surface area contributed by atoms with E-state index in [1.807, 2.05) is 0 Å². The van der Waals surface area contributed by atoms with Crippen LogP contribution in [-0.2, 0) is 4.74 Å². The minimum Gasteiger partial charge on any atom is -0.373 e. The van der Waals surface area contributed by atoms with E-state index < -0.39 is 0 Å². The van der Waals surface area contributed by atoms with Gasteiger partial charge in [-0.2, -0.15) is 0 Å². The van der Waals surface area contributed by atoms with Crippen LogP contribution in [0.15, 0.2) is 0 Å². The maximum atomic E-state index is 5.50. The first kappa shape index (κ1) is 21.0. The first-order valence-corrected chi connectivity index (χ1v) is 10.7. The molecule has 0 spiro atoms. The Balaban J connectivity index is 1.59. The lowest BCUT2D eigenvalue weighted by atomic mass is 10.0. The van der Waals surface area contributed by atoms with Gasteiger partial charge in [0, 0.05) is 0 Å². The molecule has 0 aromatic heterocycles. The number of epoxide rings is 1. The fourth-order valence-corrected chi connectivity index (χ4v) is 3.40. The average molecular weight is 326 g/mol. The zero-order chi connectivity index (χ0) is 16.4. The molecule has 1 aliphatic rings. The predicted molar refractivity (Wildman–Crippen MR) is 102 cm³/mol. The fraction of sp³-hybridized carbons (Fsp3) is 1.00. The summed E-state index contributed by atoms with van der Waals surface area (Å²) in [5.74, 6) is 0. The molecule has 138 valence electrons. The smallest absolute Gasteiger partial charge is 0.0810 e. The molecule has 2 heteroatoms. The Morgan fingerprint density at radius 1 is 0.522 bits per heavy atom. The zero-order valence-electron chi connectivity index (χ0n) is 15.7. The average Bonchev–Trinajstić information content (AvgIpc) is 3.38. The Bertz CT molecular complexity index is 228. The van der Waals surface area contributed by atoms with E-state index in [1.165, 1.54) is 116 Å². The molecule has 0 bridgehead atoms. The van der Waals surface area contributed by atoms with E-state index in [2.05, 4.69) is 0 Å². The van der Waals surface area contributed by atoms with Gasteiger partial charge in [0.15, 0.2) is 0 Å². The van der Waals surface area contributed by atoms with E-state index in [4.69, 9.17) is 10.5 Å². The van der Waals surface area contributed by atoms with Crippen LogP contribution < -0.4 is 5.73 Å². The highest BCUT2D eigenvalue weighted by Crippen LogP contribution is 2.18. The molecule has 1 atom stereocenters. The SMILES string of the molecule is NCCCCCCCCCCCCCCCCCCCC1CO1. The Morgan fingerprint density at radius 2 is 0.826 bits per heavy atom. The van der Waals surface area contributed by atoms with E-state index in [0.29, 0.717) is 6.10 Å². The van der Waals surface area contributed by atoms with Crippen molar-refractivity contribution in [3.05, 3.63) is 0 Å². The van der Waals surface area contributed by atoms with Crippen molar-refractivity contribution in [3.63, 3.8) is 0 Å². The monoisotopic (exact) mass is 325 g/mol. The normalized spacial score (nSPS) is 16.8. The van der Waals surface area contributed by atoms with E-state index in [0.717, 1.165) is 13.2 Å². The largest absolute Gasteiger partial charge is 0.373 e. The standard InChI is InChI=1S/C21H43NO/c22-19-17-15-13-11-9-7-5-3-1-2-4-6-8-10-12-14-16-18-21-20-23-21/h21H,1-20,22H2. The van der Waals surface area contributed by atoms with Gasteiger partial charge < -0.3 is 10.5 Å². The van der Waals surface area contributed by atoms with Gasteiger partial charge in [-0.15, -0.1) is 0 Å². The van der Waals surface area contributed by atoms with E-state index >= 15 is 0 Å². The highest BCUT2D eigenvalue weighted by atomic mass is 16.6. The molecule has 1 aliphatic heterocycles. The van der Waals surface area contributed by atoms with E-state index in [1.54, 1.807) is 0 Å². The van der Waals surface area contributed by atoms with Crippen molar-refractivity contribution < 1.29 is 4.74 Å². The lowest BCUT2D eigenvalue weighted by molar-refractivity contribution is 0.387. The number of rotatable bonds is 19. The number of hydrogen-bond donors (Lipinski definition) is 1. The van der Waals surface area contributed by atoms with Crippen LogP contribution in [-0.4, -0.2) is 19.3 Å². The lowest BCUT2D eigenvalue weighted by Crippen LogP contribution is -1.97. The second-order valence-electron chi connectivity index (χ2n) is 7.54. The number of nitrogens with two attached hydrogens (primary N) is 1. The van der Waals surface area contributed by atoms with E-state index in [-0.39, 0.29) is 0 Å². The quantitative estimate of drug-likeness (QED) is 0.221. The van der Waals surface area contributed by atoms with Gasteiger partial charge in [-0.3, -0.25) is 0 Å². The molecule has 2 N–H and O–H groups in total. The molecule has 2 nitrogen and oxygen atoms in total. The van der Waals surface area contributed by atoms with Gasteiger partial charge in [0.1, 0.15) is 0 Å². The Hall–Kier alpha value is -0.0800. The highest BCUT2D eigenvalue weighted by molar-refractivity contribution is 4.68. The first-order valence-electron chi connectivity index (χ1n) is 10.7. The van der Waals surface area contributed by atoms with Gasteiger partial charge in [0.05, 0.1) is 12.7 Å². The van der Waals surface area contributed by atoms with Crippen molar-refractivity contribution in [3.8, 4) is 0 Å². The second kappa shape index (κ2) is 16.8. The summed E-state index contributed by atoms with van der Waals surface area (Å²) < 4.78 is 5.24. The predicted octanol–water partition coefficient (Wildman–Crippen LogP) is 6.37. The molecular weight excluding hydrogens is 282 g/mol. The van der Waals surface area contributed by atoms with Gasteiger partial charge in [0.2, 0.25) is 0 Å². The van der Waals surface area contributed by atoms with Gasteiger partial charge in [-0.05, 0) is 19.4 Å². The lowest BCUT2D eigenvalue weighted by Gasteiger charge is -2.03. The maximum Gasteiger partial charge on any atom is 0.0810 e. The molecule has 0 aromatic carbocycles. The summed E-state index contributed by atoms with van der Waals surface area (Å²) in [6.45, 7) is 1.91. The maximum absolute atomic E-state index is 5.50. The third kappa shape index (κ3) is 16.6. The molecule has 0 amide bonds. The van der Waals surface area contributed by atoms with Crippen LogP contribution in [0.4, 0.5) is 0 Å². The van der Waals surface area contributed by atoms with Gasteiger partial charge >= 0.3 is 0 Å². The van der Waals surface area contributed by atoms with Gasteiger partial charge in [-0.1, -0.05) is 103 Å². The Kier molecular flexibility index (Phi) is 15.3. The molecular formula is C21H43NO. The summed E-state index contributed by atoms with van der Waals surface area (Å²) in [4.78, 5) is 0. The molecule has 1 heterocycles. The van der Waals surface area contributed by atoms with Crippen molar-refractivity contribution in [2.75, 3.05) is 13.2 Å². The molecule has 0 aromatic rings. The number of ether oxygens (including phenoxy) is 1. The molecule has 0 saturated carbocycles. The third-order valence-corrected chi connectivity index (χ3v) is 5.13. The second-order valence-corrected chi connectivity index (χ2v) is 7.54. The molecule has 0 radical (unpaired) electrons. The van der Waals surface area contributed by atoms with Gasteiger partial charge in [0.25, 0.3) is 0 Å². The van der Waals surface area contributed by atoms with Gasteiger partial charge in [-0.25, -0.2) is 0 Å². The fourth-order valence-electron chi connectivity index (χ4n) is 3.40. The van der Waals surface area contributed by atoms with Crippen LogP contribution in [0.25, 0.3) is 0 Å². The van der Waals surface area contributed by atoms with E-state index in [9.17, 15) is 0 Å². The molecule has 1 fully saturated rings. The third-order valence-electron chi connectivity index (χ3n) is 5.13. The molecule has 0 aliphatic carbocycles. The Morgan fingerprint density at radius 3 is 1.13 bits per heavy atom. The van der Waals surface area contributed by atoms with Crippen molar-refractivity contribution >= 4 is 0 Å². The molecule has 1 unspecified atom stereocenters. The minimum absolute atomic E-state index is 0.645. The topological polar surface area (TPSA) is 38.5 Å². The van der Waals surface area contributed by atoms with Crippen LogP contribution in [0.2, 0.25) is 0 Å². The van der Waals surface area contributed by atoms with Crippen molar-refractivity contribution in [2.24, 2.45) is 5.73 Å².